The number of β-amino-alcohol motifs (C(OH)–C–C–N with tert-alkyl or cyclic N) is 1. The van der Waals surface area contributed by atoms with Crippen LogP contribution in [0.4, 0.5) is 0 Å². The Morgan fingerprint density at radius 2 is 2.08 bits per heavy atom. The fraction of sp³-hybridized carbons (Fsp3) is 0.500. The van der Waals surface area contributed by atoms with Crippen LogP contribution < -0.4 is 5.32 Å². The number of hydrogen-bond acceptors (Lipinski definition) is 6. The largest absolute Gasteiger partial charge is 0.412 e. The second-order valence-electron chi connectivity index (χ2n) is 6.03. The average Bonchev–Trinajstić information content (AvgIpc) is 2.63. The number of fused-ring (bicyclic) bond motifs is 1. The summed E-state index contributed by atoms with van der Waals surface area (Å²) in [5.41, 5.74) is 3.28. The van der Waals surface area contributed by atoms with Gasteiger partial charge in [-0.05, 0) is 12.0 Å². The second kappa shape index (κ2) is 11.4. The van der Waals surface area contributed by atoms with Crippen LogP contribution in [0.1, 0.15) is 11.1 Å². The number of aliphatic hydroxyl groups excluding tert-OH is 1. The van der Waals surface area contributed by atoms with Crippen LogP contribution in [0.5, 0.6) is 0 Å². The SMILES string of the molecule is Cl.N#CC(SCC(O)CN1CCOCC1)=C1NCCc2ccccc21.O. The van der Waals surface area contributed by atoms with Gasteiger partial charge in [0.2, 0.25) is 0 Å². The number of allylic oxidation sites excluding steroid dienone is 1. The molecule has 0 aliphatic carbocycles. The van der Waals surface area contributed by atoms with E-state index in [0.717, 1.165) is 50.5 Å². The maximum absolute atomic E-state index is 10.3. The van der Waals surface area contributed by atoms with Gasteiger partial charge in [-0.25, -0.2) is 0 Å². The molecule has 2 aliphatic heterocycles. The maximum atomic E-state index is 10.3. The third kappa shape index (κ3) is 5.88. The standard InChI is InChI=1S/C18H23N3O2S.ClH.H2O/c19-11-17(18-16-4-2-1-3-14(16)5-6-20-18)24-13-15(22)12-21-7-9-23-10-8-21;;/h1-4,15,20,22H,5-10,12-13H2;1H;1H2. The fourth-order valence-corrected chi connectivity index (χ4v) is 3.93. The zero-order chi connectivity index (χ0) is 16.8. The van der Waals surface area contributed by atoms with E-state index in [1.807, 2.05) is 12.1 Å². The number of nitrogens with one attached hydrogen (secondary N) is 1. The topological polar surface area (TPSA) is 100 Å². The molecular formula is C18H26ClN3O3S. The Balaban J connectivity index is 0.00000169. The number of thioether (sulfide) groups is 1. The molecule has 144 valence electrons. The molecule has 1 unspecified atom stereocenters. The predicted octanol–water partition coefficient (Wildman–Crippen LogP) is 1.05. The lowest BCUT2D eigenvalue weighted by atomic mass is 9.98. The van der Waals surface area contributed by atoms with E-state index >= 15 is 0 Å². The molecule has 1 aromatic rings. The molecule has 3 rings (SSSR count). The Bertz CT molecular complexity index is 645. The minimum atomic E-state index is -0.448. The molecule has 0 bridgehead atoms. The smallest absolute Gasteiger partial charge is 0.109 e. The lowest BCUT2D eigenvalue weighted by Gasteiger charge is -2.28. The van der Waals surface area contributed by atoms with E-state index in [9.17, 15) is 10.4 Å². The lowest BCUT2D eigenvalue weighted by Crippen LogP contribution is -2.41. The molecule has 2 aliphatic rings. The van der Waals surface area contributed by atoms with Crippen molar-refractivity contribution in [2.24, 2.45) is 0 Å². The van der Waals surface area contributed by atoms with E-state index in [4.69, 9.17) is 4.74 Å². The number of ether oxygens (including phenoxy) is 1. The zero-order valence-corrected chi connectivity index (χ0v) is 16.2. The van der Waals surface area contributed by atoms with Crippen LogP contribution in [0.2, 0.25) is 0 Å². The molecular weight excluding hydrogens is 374 g/mol. The highest BCUT2D eigenvalue weighted by molar-refractivity contribution is 8.03. The Morgan fingerprint density at radius 3 is 2.81 bits per heavy atom. The van der Waals surface area contributed by atoms with Crippen molar-refractivity contribution in [1.82, 2.24) is 10.2 Å². The first kappa shape index (κ1) is 22.8. The van der Waals surface area contributed by atoms with Gasteiger partial charge in [0.15, 0.2) is 0 Å². The third-order valence-electron chi connectivity index (χ3n) is 4.30. The van der Waals surface area contributed by atoms with E-state index in [-0.39, 0.29) is 17.9 Å². The van der Waals surface area contributed by atoms with Gasteiger partial charge >= 0.3 is 0 Å². The molecule has 1 saturated heterocycles. The summed E-state index contributed by atoms with van der Waals surface area (Å²) >= 11 is 1.44. The number of benzene rings is 1. The highest BCUT2D eigenvalue weighted by Crippen LogP contribution is 2.30. The Kier molecular flexibility index (Phi) is 10.0. The van der Waals surface area contributed by atoms with Crippen LogP contribution in [0.3, 0.4) is 0 Å². The first-order valence-corrected chi connectivity index (χ1v) is 9.34. The first-order valence-electron chi connectivity index (χ1n) is 8.35. The number of aliphatic hydroxyl groups is 1. The third-order valence-corrected chi connectivity index (χ3v) is 5.44. The minimum absolute atomic E-state index is 0. The van der Waals surface area contributed by atoms with Crippen molar-refractivity contribution >= 4 is 29.9 Å². The Hall–Kier alpha value is -1.27. The van der Waals surface area contributed by atoms with Crippen molar-refractivity contribution in [3.8, 4) is 6.07 Å². The molecule has 0 spiro atoms. The van der Waals surface area contributed by atoms with Gasteiger partial charge < -0.3 is 20.6 Å². The minimum Gasteiger partial charge on any atom is -0.412 e. The van der Waals surface area contributed by atoms with E-state index in [0.29, 0.717) is 17.2 Å². The summed E-state index contributed by atoms with van der Waals surface area (Å²) in [6.07, 6.45) is 0.527. The van der Waals surface area contributed by atoms with Gasteiger partial charge in [0, 0.05) is 37.5 Å². The summed E-state index contributed by atoms with van der Waals surface area (Å²) in [7, 11) is 0. The Labute approximate surface area is 164 Å². The molecule has 8 heteroatoms. The summed E-state index contributed by atoms with van der Waals surface area (Å²) in [5, 5.41) is 23.2. The van der Waals surface area contributed by atoms with Crippen LogP contribution in [0.25, 0.3) is 5.70 Å². The quantitative estimate of drug-likeness (QED) is 0.718. The van der Waals surface area contributed by atoms with Crippen LogP contribution >= 0.6 is 24.2 Å². The monoisotopic (exact) mass is 399 g/mol. The van der Waals surface area contributed by atoms with E-state index in [1.54, 1.807) is 0 Å². The van der Waals surface area contributed by atoms with Crippen molar-refractivity contribution in [2.45, 2.75) is 12.5 Å². The van der Waals surface area contributed by atoms with Gasteiger partial charge in [0.1, 0.15) is 11.0 Å². The van der Waals surface area contributed by atoms with Crippen molar-refractivity contribution in [3.05, 3.63) is 40.3 Å². The molecule has 0 amide bonds. The van der Waals surface area contributed by atoms with Gasteiger partial charge in [0.25, 0.3) is 0 Å². The number of rotatable bonds is 5. The number of morpholine rings is 1. The first-order chi connectivity index (χ1) is 11.8. The van der Waals surface area contributed by atoms with Gasteiger partial charge in [-0.15, -0.1) is 24.2 Å². The van der Waals surface area contributed by atoms with Gasteiger partial charge in [-0.2, -0.15) is 5.26 Å². The second-order valence-corrected chi connectivity index (χ2v) is 7.06. The van der Waals surface area contributed by atoms with Crippen LogP contribution in [-0.2, 0) is 11.2 Å². The average molecular weight is 400 g/mol. The van der Waals surface area contributed by atoms with Crippen LogP contribution in [0, 0.1) is 11.3 Å². The summed E-state index contributed by atoms with van der Waals surface area (Å²) in [6.45, 7) is 4.66. The molecule has 0 aromatic heterocycles. The number of hydrogen-bond donors (Lipinski definition) is 2. The summed E-state index contributed by atoms with van der Waals surface area (Å²) < 4.78 is 5.32. The summed E-state index contributed by atoms with van der Waals surface area (Å²) in [4.78, 5) is 2.87. The van der Waals surface area contributed by atoms with Crippen molar-refractivity contribution in [3.63, 3.8) is 0 Å². The van der Waals surface area contributed by atoms with E-state index < -0.39 is 6.10 Å². The molecule has 6 nitrogen and oxygen atoms in total. The summed E-state index contributed by atoms with van der Waals surface area (Å²) in [6, 6.07) is 10.5. The lowest BCUT2D eigenvalue weighted by molar-refractivity contribution is 0.0188. The number of halogens is 1. The maximum Gasteiger partial charge on any atom is 0.109 e. The molecule has 1 atom stereocenters. The van der Waals surface area contributed by atoms with E-state index in [1.165, 1.54) is 17.3 Å². The molecule has 2 heterocycles. The molecule has 4 N–H and O–H groups in total. The molecule has 0 radical (unpaired) electrons. The Morgan fingerprint density at radius 1 is 1.35 bits per heavy atom. The highest BCUT2D eigenvalue weighted by Gasteiger charge is 2.19. The van der Waals surface area contributed by atoms with Gasteiger partial charge in [0.05, 0.1) is 25.0 Å². The van der Waals surface area contributed by atoms with Crippen molar-refractivity contribution < 1.29 is 15.3 Å². The molecule has 0 saturated carbocycles. The normalized spacial score (nSPS) is 19.7. The van der Waals surface area contributed by atoms with Crippen molar-refractivity contribution in [2.75, 3.05) is 45.1 Å². The predicted molar refractivity (Wildman–Crippen MR) is 107 cm³/mol. The van der Waals surface area contributed by atoms with Crippen molar-refractivity contribution in [1.29, 1.82) is 5.26 Å². The summed E-state index contributed by atoms with van der Waals surface area (Å²) in [5.74, 6) is 0.521. The highest BCUT2D eigenvalue weighted by atomic mass is 35.5. The van der Waals surface area contributed by atoms with Crippen LogP contribution in [0.15, 0.2) is 29.2 Å². The zero-order valence-electron chi connectivity index (χ0n) is 14.6. The van der Waals surface area contributed by atoms with Crippen LogP contribution in [-0.4, -0.2) is 66.7 Å². The van der Waals surface area contributed by atoms with Gasteiger partial charge in [-0.1, -0.05) is 24.3 Å². The molecule has 26 heavy (non-hydrogen) atoms. The molecule has 1 fully saturated rings. The van der Waals surface area contributed by atoms with Gasteiger partial charge in [-0.3, -0.25) is 4.90 Å². The van der Waals surface area contributed by atoms with E-state index in [2.05, 4.69) is 28.4 Å². The fourth-order valence-electron chi connectivity index (χ4n) is 3.08. The number of nitrogens with zero attached hydrogens (tertiary/aromatic N) is 2. The molecule has 1 aromatic carbocycles. The number of nitriles is 1.